The molecule has 0 aromatic carbocycles. The molecular weight excluding hydrogens is 180 g/mol. The van der Waals surface area contributed by atoms with Gasteiger partial charge in [-0.1, -0.05) is 0 Å². The van der Waals surface area contributed by atoms with E-state index in [0.717, 1.165) is 18.9 Å². The average Bonchev–Trinajstić information content (AvgIpc) is 2.64. The predicted octanol–water partition coefficient (Wildman–Crippen LogP) is 0.428. The second kappa shape index (κ2) is 3.69. The zero-order valence-corrected chi connectivity index (χ0v) is 8.23. The number of urea groups is 1. The Morgan fingerprint density at radius 2 is 2.50 bits per heavy atom. The number of hydrogen-bond acceptors (Lipinski definition) is 2. The maximum atomic E-state index is 11.5. The molecule has 0 saturated carbocycles. The molecule has 0 fully saturated rings. The highest BCUT2D eigenvalue weighted by Crippen LogP contribution is 2.09. The molecule has 2 amide bonds. The molecular formula is C9H14N4O. The Morgan fingerprint density at radius 1 is 1.64 bits per heavy atom. The van der Waals surface area contributed by atoms with E-state index >= 15 is 0 Å². The van der Waals surface area contributed by atoms with E-state index in [0.29, 0.717) is 13.1 Å². The minimum atomic E-state index is 0.00162. The number of imidazole rings is 1. The first-order valence-electron chi connectivity index (χ1n) is 4.84. The maximum Gasteiger partial charge on any atom is 0.317 e. The number of nitrogens with zero attached hydrogens (tertiary/aromatic N) is 3. The molecule has 0 saturated heterocycles. The summed E-state index contributed by atoms with van der Waals surface area (Å²) < 4.78 is 2.08. The number of hydrogen-bond donors (Lipinski definition) is 1. The van der Waals surface area contributed by atoms with Gasteiger partial charge >= 0.3 is 6.03 Å². The molecule has 5 nitrogen and oxygen atoms in total. The van der Waals surface area contributed by atoms with Gasteiger partial charge in [0.15, 0.2) is 0 Å². The van der Waals surface area contributed by atoms with Gasteiger partial charge in [-0.15, -0.1) is 0 Å². The summed E-state index contributed by atoms with van der Waals surface area (Å²) in [4.78, 5) is 17.5. The Balaban J connectivity index is 2.04. The van der Waals surface area contributed by atoms with E-state index in [2.05, 4.69) is 14.9 Å². The highest BCUT2D eigenvalue weighted by atomic mass is 16.2. The van der Waals surface area contributed by atoms with Crippen LogP contribution in [0.2, 0.25) is 0 Å². The summed E-state index contributed by atoms with van der Waals surface area (Å²) in [5.41, 5.74) is 0. The summed E-state index contributed by atoms with van der Waals surface area (Å²) in [6.45, 7) is 4.80. The van der Waals surface area contributed by atoms with Crippen molar-refractivity contribution in [2.45, 2.75) is 20.0 Å². The van der Waals surface area contributed by atoms with Crippen LogP contribution in [0.4, 0.5) is 4.79 Å². The van der Waals surface area contributed by atoms with Crippen LogP contribution in [0.15, 0.2) is 12.4 Å². The standard InChI is InChI=1S/C9H14N4O/c1-2-10-9(14)13-6-5-12-4-3-11-8(12)7-13/h3-4H,2,5-7H2,1H3,(H,10,14). The van der Waals surface area contributed by atoms with Crippen molar-refractivity contribution in [3.8, 4) is 0 Å². The number of aromatic nitrogens is 2. The van der Waals surface area contributed by atoms with Crippen LogP contribution in [0, 0.1) is 0 Å². The fraction of sp³-hybridized carbons (Fsp3) is 0.556. The van der Waals surface area contributed by atoms with E-state index in [1.807, 2.05) is 13.1 Å². The Kier molecular flexibility index (Phi) is 2.39. The quantitative estimate of drug-likeness (QED) is 0.704. The molecule has 1 aromatic rings. The van der Waals surface area contributed by atoms with Gasteiger partial charge in [0.25, 0.3) is 0 Å². The van der Waals surface area contributed by atoms with Crippen LogP contribution in [0.25, 0.3) is 0 Å². The normalized spacial score (nSPS) is 15.1. The number of nitrogens with one attached hydrogen (secondary N) is 1. The number of carbonyl (C=O) groups is 1. The number of fused-ring (bicyclic) bond motifs is 1. The van der Waals surface area contributed by atoms with Crippen LogP contribution in [-0.4, -0.2) is 33.6 Å². The molecule has 76 valence electrons. The Bertz CT molecular complexity index is 333. The average molecular weight is 194 g/mol. The molecule has 14 heavy (non-hydrogen) atoms. The summed E-state index contributed by atoms with van der Waals surface area (Å²) in [5, 5.41) is 2.79. The van der Waals surface area contributed by atoms with E-state index in [4.69, 9.17) is 0 Å². The van der Waals surface area contributed by atoms with Crippen molar-refractivity contribution in [2.75, 3.05) is 13.1 Å². The fourth-order valence-corrected chi connectivity index (χ4v) is 1.61. The van der Waals surface area contributed by atoms with Gasteiger partial charge in [0.1, 0.15) is 5.82 Å². The van der Waals surface area contributed by atoms with E-state index in [-0.39, 0.29) is 6.03 Å². The fourth-order valence-electron chi connectivity index (χ4n) is 1.61. The topological polar surface area (TPSA) is 50.2 Å². The highest BCUT2D eigenvalue weighted by Gasteiger charge is 2.19. The van der Waals surface area contributed by atoms with E-state index < -0.39 is 0 Å². The number of amides is 2. The minimum absolute atomic E-state index is 0.00162. The van der Waals surface area contributed by atoms with Crippen LogP contribution in [0.1, 0.15) is 12.7 Å². The monoisotopic (exact) mass is 194 g/mol. The van der Waals surface area contributed by atoms with Crippen LogP contribution < -0.4 is 5.32 Å². The SMILES string of the molecule is CCNC(=O)N1CCn2ccnc2C1. The van der Waals surface area contributed by atoms with Crippen LogP contribution in [-0.2, 0) is 13.1 Å². The first-order valence-corrected chi connectivity index (χ1v) is 4.84. The van der Waals surface area contributed by atoms with Crippen LogP contribution in [0.5, 0.6) is 0 Å². The molecule has 0 aliphatic carbocycles. The summed E-state index contributed by atoms with van der Waals surface area (Å²) in [6.07, 6.45) is 3.72. The molecule has 0 atom stereocenters. The zero-order valence-electron chi connectivity index (χ0n) is 8.23. The molecule has 5 heteroatoms. The molecule has 1 aliphatic heterocycles. The van der Waals surface area contributed by atoms with Gasteiger partial charge in [0.05, 0.1) is 6.54 Å². The molecule has 0 bridgehead atoms. The molecule has 2 heterocycles. The molecule has 1 aromatic heterocycles. The summed E-state index contributed by atoms with van der Waals surface area (Å²) in [7, 11) is 0. The van der Waals surface area contributed by atoms with Gasteiger partial charge in [-0.2, -0.15) is 0 Å². The maximum absolute atomic E-state index is 11.5. The van der Waals surface area contributed by atoms with Crippen molar-refractivity contribution < 1.29 is 4.79 Å². The lowest BCUT2D eigenvalue weighted by atomic mass is 10.4. The Labute approximate surface area is 82.7 Å². The second-order valence-electron chi connectivity index (χ2n) is 3.29. The Morgan fingerprint density at radius 3 is 3.29 bits per heavy atom. The number of rotatable bonds is 1. The molecule has 0 radical (unpaired) electrons. The smallest absolute Gasteiger partial charge is 0.317 e. The van der Waals surface area contributed by atoms with Gasteiger partial charge in [0.2, 0.25) is 0 Å². The van der Waals surface area contributed by atoms with E-state index in [1.165, 1.54) is 0 Å². The molecule has 1 N–H and O–H groups in total. The zero-order chi connectivity index (χ0) is 9.97. The van der Waals surface area contributed by atoms with Gasteiger partial charge in [-0.3, -0.25) is 0 Å². The van der Waals surface area contributed by atoms with Crippen molar-refractivity contribution in [3.05, 3.63) is 18.2 Å². The summed E-state index contributed by atoms with van der Waals surface area (Å²) in [5.74, 6) is 0.961. The molecule has 0 spiro atoms. The lowest BCUT2D eigenvalue weighted by Gasteiger charge is -2.27. The largest absolute Gasteiger partial charge is 0.338 e. The van der Waals surface area contributed by atoms with E-state index in [9.17, 15) is 4.79 Å². The first-order chi connectivity index (χ1) is 6.81. The predicted molar refractivity (Wildman–Crippen MR) is 51.7 cm³/mol. The van der Waals surface area contributed by atoms with Crippen molar-refractivity contribution in [2.24, 2.45) is 0 Å². The third-order valence-corrected chi connectivity index (χ3v) is 2.36. The van der Waals surface area contributed by atoms with Crippen molar-refractivity contribution >= 4 is 6.03 Å². The van der Waals surface area contributed by atoms with Crippen LogP contribution >= 0.6 is 0 Å². The minimum Gasteiger partial charge on any atom is -0.338 e. The third-order valence-electron chi connectivity index (χ3n) is 2.36. The second-order valence-corrected chi connectivity index (χ2v) is 3.29. The van der Waals surface area contributed by atoms with E-state index in [1.54, 1.807) is 11.1 Å². The molecule has 1 aliphatic rings. The third kappa shape index (κ3) is 1.57. The number of carbonyl (C=O) groups excluding carboxylic acids is 1. The lowest BCUT2D eigenvalue weighted by molar-refractivity contribution is 0.182. The molecule has 0 unspecified atom stereocenters. The lowest BCUT2D eigenvalue weighted by Crippen LogP contribution is -2.44. The Hall–Kier alpha value is -1.52. The van der Waals surface area contributed by atoms with Crippen molar-refractivity contribution in [1.82, 2.24) is 19.8 Å². The van der Waals surface area contributed by atoms with Crippen LogP contribution in [0.3, 0.4) is 0 Å². The highest BCUT2D eigenvalue weighted by molar-refractivity contribution is 5.74. The van der Waals surface area contributed by atoms with Gasteiger partial charge in [-0.05, 0) is 6.92 Å². The molecule has 2 rings (SSSR count). The van der Waals surface area contributed by atoms with Crippen molar-refractivity contribution in [3.63, 3.8) is 0 Å². The van der Waals surface area contributed by atoms with Gasteiger partial charge < -0.3 is 14.8 Å². The summed E-state index contributed by atoms with van der Waals surface area (Å²) >= 11 is 0. The van der Waals surface area contributed by atoms with Gasteiger partial charge in [0, 0.05) is 32.0 Å². The van der Waals surface area contributed by atoms with Gasteiger partial charge in [-0.25, -0.2) is 9.78 Å². The summed E-state index contributed by atoms with van der Waals surface area (Å²) in [6, 6.07) is 0.00162. The first kappa shape index (κ1) is 9.05. The van der Waals surface area contributed by atoms with Crippen molar-refractivity contribution in [1.29, 1.82) is 0 Å².